The minimum absolute atomic E-state index is 0.777. The summed E-state index contributed by atoms with van der Waals surface area (Å²) in [5.74, 6) is 3.28. The lowest BCUT2D eigenvalue weighted by Gasteiger charge is -2.15. The average Bonchev–Trinajstić information content (AvgIpc) is 1.82. The predicted molar refractivity (Wildman–Crippen MR) is 47.8 cm³/mol. The normalized spacial score (nSPS) is 12.0. The second kappa shape index (κ2) is 4.76. The zero-order valence-corrected chi connectivity index (χ0v) is 8.07. The molecule has 0 heteroatoms. The summed E-state index contributed by atoms with van der Waals surface area (Å²) >= 11 is 0. The fourth-order valence-corrected chi connectivity index (χ4v) is 0.805. The Morgan fingerprint density at radius 1 is 1.10 bits per heavy atom. The van der Waals surface area contributed by atoms with E-state index in [0.29, 0.717) is 0 Å². The van der Waals surface area contributed by atoms with Crippen LogP contribution < -0.4 is 0 Å². The highest BCUT2D eigenvalue weighted by Crippen LogP contribution is 2.20. The molecule has 0 aromatic rings. The zero-order valence-electron chi connectivity index (χ0n) is 8.07. The van der Waals surface area contributed by atoms with Gasteiger partial charge >= 0.3 is 0 Å². The van der Waals surface area contributed by atoms with Gasteiger partial charge in [-0.25, -0.2) is 0 Å². The third kappa shape index (κ3) is 4.84. The van der Waals surface area contributed by atoms with E-state index < -0.39 is 0 Å². The van der Waals surface area contributed by atoms with Crippen LogP contribution in [0.2, 0.25) is 0 Å². The van der Waals surface area contributed by atoms with Crippen molar-refractivity contribution < 1.29 is 0 Å². The third-order valence-electron chi connectivity index (χ3n) is 2.10. The zero-order chi connectivity index (χ0) is 8.15. The van der Waals surface area contributed by atoms with Crippen molar-refractivity contribution in [2.75, 3.05) is 0 Å². The molecule has 0 bridgehead atoms. The van der Waals surface area contributed by atoms with Gasteiger partial charge in [-0.1, -0.05) is 41.0 Å². The Labute approximate surface area is 66.0 Å². The summed E-state index contributed by atoms with van der Waals surface area (Å²) in [5.41, 5.74) is 0. The van der Waals surface area contributed by atoms with E-state index in [1.165, 1.54) is 12.8 Å². The number of hydrogen-bond donors (Lipinski definition) is 0. The second-order valence-corrected chi connectivity index (χ2v) is 3.93. The van der Waals surface area contributed by atoms with Crippen molar-refractivity contribution in [1.29, 1.82) is 0 Å². The maximum atomic E-state index is 2.29. The Morgan fingerprint density at radius 2 is 1.60 bits per heavy atom. The van der Waals surface area contributed by atoms with E-state index in [4.69, 9.17) is 0 Å². The molecule has 0 saturated carbocycles. The van der Waals surface area contributed by atoms with E-state index in [1.807, 2.05) is 0 Å². The predicted octanol–water partition coefficient (Wildman–Crippen LogP) is 3.67. The van der Waals surface area contributed by atoms with Gasteiger partial charge < -0.3 is 0 Å². The van der Waals surface area contributed by atoms with Crippen molar-refractivity contribution in [3.8, 4) is 0 Å². The first kappa shape index (κ1) is 10.0. The molecule has 0 fully saturated rings. The Morgan fingerprint density at radius 3 is 1.90 bits per heavy atom. The first-order valence-electron chi connectivity index (χ1n) is 4.36. The summed E-state index contributed by atoms with van der Waals surface area (Å²) in [6, 6.07) is 0. The van der Waals surface area contributed by atoms with Gasteiger partial charge in [0.15, 0.2) is 0 Å². The molecule has 0 aromatic carbocycles. The van der Waals surface area contributed by atoms with E-state index in [2.05, 4.69) is 34.6 Å². The molecule has 0 N–H and O–H groups in total. The second-order valence-electron chi connectivity index (χ2n) is 3.93. The van der Waals surface area contributed by atoms with Gasteiger partial charge in [0, 0.05) is 0 Å². The molecule has 0 atom stereocenters. The molecule has 0 rings (SSSR count). The highest BCUT2D eigenvalue weighted by molar-refractivity contribution is 4.87. The summed E-state index contributed by atoms with van der Waals surface area (Å²) in [5, 5.41) is 0. The maximum absolute atomic E-state index is 2.29. The Bertz CT molecular complexity index is 72.1. The molecule has 0 aliphatic carbocycles. The van der Waals surface area contributed by atoms with Crippen LogP contribution in [0.15, 0.2) is 0 Å². The van der Waals surface area contributed by atoms with E-state index in [9.17, 15) is 0 Å². The van der Waals surface area contributed by atoms with Crippen molar-refractivity contribution in [2.24, 2.45) is 11.8 Å². The third-order valence-corrected chi connectivity index (χ3v) is 2.10. The van der Waals surface area contributed by atoms with Crippen molar-refractivity contribution in [1.82, 2.24) is 0 Å². The molecule has 0 saturated heterocycles. The lowest BCUT2D eigenvalue weighted by Crippen LogP contribution is -2.02. The van der Waals surface area contributed by atoms with Crippen molar-refractivity contribution >= 4 is 0 Å². The van der Waals surface area contributed by atoms with Crippen LogP contribution in [0, 0.1) is 17.8 Å². The highest BCUT2D eigenvalue weighted by Gasteiger charge is 2.07. The average molecular weight is 141 g/mol. The SMILES string of the molecule is C[C](CCC(C)C)C(C)C. The minimum atomic E-state index is 0.777. The van der Waals surface area contributed by atoms with Crippen LogP contribution >= 0.6 is 0 Å². The molecule has 0 aliphatic rings. The fraction of sp³-hybridized carbons (Fsp3) is 0.900. The Kier molecular flexibility index (Phi) is 4.76. The molecule has 1 radical (unpaired) electrons. The first-order chi connectivity index (χ1) is 4.54. The molecule has 61 valence electrons. The van der Waals surface area contributed by atoms with Crippen LogP contribution in [0.3, 0.4) is 0 Å². The van der Waals surface area contributed by atoms with E-state index >= 15 is 0 Å². The van der Waals surface area contributed by atoms with Gasteiger partial charge in [-0.05, 0) is 24.2 Å². The van der Waals surface area contributed by atoms with Crippen LogP contribution in [0.4, 0.5) is 0 Å². The lowest BCUT2D eigenvalue weighted by atomic mass is 9.91. The summed E-state index contributed by atoms with van der Waals surface area (Å²) in [6.07, 6.45) is 2.67. The lowest BCUT2D eigenvalue weighted by molar-refractivity contribution is 0.513. The van der Waals surface area contributed by atoms with Gasteiger partial charge in [0.25, 0.3) is 0 Å². The maximum Gasteiger partial charge on any atom is -0.0246 e. The number of rotatable bonds is 4. The van der Waals surface area contributed by atoms with Gasteiger partial charge in [0.1, 0.15) is 0 Å². The highest BCUT2D eigenvalue weighted by atomic mass is 14.1. The van der Waals surface area contributed by atoms with Crippen LogP contribution in [0.1, 0.15) is 47.5 Å². The van der Waals surface area contributed by atoms with Gasteiger partial charge in [0.2, 0.25) is 0 Å². The van der Waals surface area contributed by atoms with Gasteiger partial charge in [0.05, 0.1) is 0 Å². The molecule has 0 heterocycles. The first-order valence-corrected chi connectivity index (χ1v) is 4.36. The summed E-state index contributed by atoms with van der Waals surface area (Å²) in [4.78, 5) is 0. The number of hydrogen-bond acceptors (Lipinski definition) is 0. The van der Waals surface area contributed by atoms with E-state index in [0.717, 1.165) is 11.8 Å². The molecule has 0 aromatic heterocycles. The molecular formula is C10H21. The standard InChI is InChI=1S/C10H21/c1-8(2)6-7-10(5)9(3)4/h8-9H,6-7H2,1-5H3. The molecule has 0 amide bonds. The smallest absolute Gasteiger partial charge is 0.0246 e. The van der Waals surface area contributed by atoms with E-state index in [1.54, 1.807) is 5.92 Å². The van der Waals surface area contributed by atoms with Crippen LogP contribution in [-0.4, -0.2) is 0 Å². The molecule has 0 nitrogen and oxygen atoms in total. The Balaban J connectivity index is 3.30. The van der Waals surface area contributed by atoms with Crippen molar-refractivity contribution in [3.63, 3.8) is 0 Å². The molecule has 0 aliphatic heterocycles. The molecule has 0 spiro atoms. The van der Waals surface area contributed by atoms with Crippen LogP contribution in [-0.2, 0) is 0 Å². The van der Waals surface area contributed by atoms with Gasteiger partial charge in [-0.15, -0.1) is 0 Å². The minimum Gasteiger partial charge on any atom is -0.0628 e. The topological polar surface area (TPSA) is 0 Å². The largest absolute Gasteiger partial charge is 0.0628 e. The molecule has 10 heavy (non-hydrogen) atoms. The summed E-state index contributed by atoms with van der Waals surface area (Å²) < 4.78 is 0. The Hall–Kier alpha value is 0. The van der Waals surface area contributed by atoms with E-state index in [-0.39, 0.29) is 0 Å². The van der Waals surface area contributed by atoms with Crippen molar-refractivity contribution in [2.45, 2.75) is 47.5 Å². The monoisotopic (exact) mass is 141 g/mol. The van der Waals surface area contributed by atoms with Gasteiger partial charge in [-0.2, -0.15) is 0 Å². The summed E-state index contributed by atoms with van der Waals surface area (Å²) in [6.45, 7) is 11.4. The van der Waals surface area contributed by atoms with Crippen molar-refractivity contribution in [3.05, 3.63) is 5.92 Å². The molecule has 0 unspecified atom stereocenters. The van der Waals surface area contributed by atoms with Crippen LogP contribution in [0.25, 0.3) is 0 Å². The fourth-order valence-electron chi connectivity index (χ4n) is 0.805. The quantitative estimate of drug-likeness (QED) is 0.560. The van der Waals surface area contributed by atoms with Gasteiger partial charge in [-0.3, -0.25) is 0 Å². The summed E-state index contributed by atoms with van der Waals surface area (Å²) in [7, 11) is 0. The molecular weight excluding hydrogens is 120 g/mol. The van der Waals surface area contributed by atoms with Crippen LogP contribution in [0.5, 0.6) is 0 Å².